The van der Waals surface area contributed by atoms with Crippen molar-refractivity contribution in [3.8, 4) is 5.75 Å². The lowest BCUT2D eigenvalue weighted by atomic mass is 9.96. The summed E-state index contributed by atoms with van der Waals surface area (Å²) in [5, 5.41) is 0. The molecule has 2 aliphatic heterocycles. The Balaban J connectivity index is 1.78. The summed E-state index contributed by atoms with van der Waals surface area (Å²) in [4.78, 5) is 57.6. The van der Waals surface area contributed by atoms with E-state index in [1.165, 1.54) is 23.5 Å². The van der Waals surface area contributed by atoms with Crippen molar-refractivity contribution in [3.63, 3.8) is 0 Å². The summed E-state index contributed by atoms with van der Waals surface area (Å²) in [5.74, 6) is -1.04. The summed E-state index contributed by atoms with van der Waals surface area (Å²) in [6, 6.07) is 13.0. The van der Waals surface area contributed by atoms with Crippen molar-refractivity contribution in [1.82, 2.24) is 4.57 Å². The number of fused-ring (bicyclic) bond motifs is 2. The monoisotopic (exact) mass is 503 g/mol. The molecule has 0 bridgehead atoms. The largest absolute Gasteiger partial charge is 0.466 e. The molecule has 3 heterocycles. The van der Waals surface area contributed by atoms with Gasteiger partial charge in [0.05, 0.1) is 35.7 Å². The number of aromatic nitrogens is 1. The van der Waals surface area contributed by atoms with E-state index in [1.54, 1.807) is 44.3 Å². The van der Waals surface area contributed by atoms with Crippen LogP contribution < -0.4 is 24.5 Å². The summed E-state index contributed by atoms with van der Waals surface area (Å²) < 4.78 is 11.8. The van der Waals surface area contributed by atoms with Gasteiger partial charge in [-0.1, -0.05) is 41.7 Å². The molecule has 10 heteroatoms. The molecule has 0 radical (unpaired) electrons. The summed E-state index contributed by atoms with van der Waals surface area (Å²) in [5.41, 5.74) is 2.46. The highest BCUT2D eigenvalue weighted by molar-refractivity contribution is 7.07. The molecule has 3 aromatic rings. The van der Waals surface area contributed by atoms with Gasteiger partial charge in [0.15, 0.2) is 4.80 Å². The standard InChI is InChI=1S/C26H21N3O6S/c1-13-19(25(33)34-4)21(15-9-11-16(12-10-15)35-14(2)30)29-24(32)22(36-26(29)27-13)20-17-7-5-6-8-18(17)28(3)23(20)31/h5-12,21H,1-4H3/t21-/m1/s1. The highest BCUT2D eigenvalue weighted by atomic mass is 32.1. The van der Waals surface area contributed by atoms with E-state index < -0.39 is 23.5 Å². The maximum atomic E-state index is 13.9. The van der Waals surface area contributed by atoms with E-state index in [2.05, 4.69) is 4.99 Å². The van der Waals surface area contributed by atoms with E-state index in [4.69, 9.17) is 9.47 Å². The number of esters is 2. The molecule has 0 unspecified atom stereocenters. The molecule has 1 atom stereocenters. The number of methoxy groups -OCH3 is 1. The Kier molecular flexibility index (Phi) is 5.68. The molecule has 2 aromatic carbocycles. The molecule has 1 aromatic heterocycles. The Morgan fingerprint density at radius 1 is 1.06 bits per heavy atom. The van der Waals surface area contributed by atoms with Crippen molar-refractivity contribution in [2.75, 3.05) is 19.1 Å². The van der Waals surface area contributed by atoms with Crippen LogP contribution in [0, 0.1) is 0 Å². The second-order valence-electron chi connectivity index (χ2n) is 8.31. The minimum Gasteiger partial charge on any atom is -0.466 e. The van der Waals surface area contributed by atoms with Crippen LogP contribution in [-0.2, 0) is 19.1 Å². The number of para-hydroxylation sites is 1. The highest BCUT2D eigenvalue weighted by Gasteiger charge is 2.36. The van der Waals surface area contributed by atoms with E-state index in [0.717, 1.165) is 11.3 Å². The van der Waals surface area contributed by atoms with Gasteiger partial charge in [-0.05, 0) is 30.7 Å². The number of amides is 1. The Morgan fingerprint density at radius 3 is 2.42 bits per heavy atom. The lowest BCUT2D eigenvalue weighted by Crippen LogP contribution is -2.40. The van der Waals surface area contributed by atoms with E-state index in [0.29, 0.717) is 38.6 Å². The third-order valence-corrected chi connectivity index (χ3v) is 7.19. The molecule has 5 rings (SSSR count). The number of carbonyl (C=O) groups excluding carboxylic acids is 3. The minimum absolute atomic E-state index is 0.206. The van der Waals surface area contributed by atoms with Gasteiger partial charge in [0.25, 0.3) is 11.5 Å². The third-order valence-electron chi connectivity index (χ3n) is 6.14. The van der Waals surface area contributed by atoms with Crippen molar-refractivity contribution < 1.29 is 23.9 Å². The molecule has 0 fully saturated rings. The zero-order chi connectivity index (χ0) is 25.7. The fraction of sp³-hybridized carbons (Fsp3) is 0.192. The lowest BCUT2D eigenvalue weighted by molar-refractivity contribution is -0.136. The molecule has 0 saturated carbocycles. The first-order valence-electron chi connectivity index (χ1n) is 11.0. The summed E-state index contributed by atoms with van der Waals surface area (Å²) >= 11 is 1.11. The zero-order valence-electron chi connectivity index (χ0n) is 19.9. The smallest absolute Gasteiger partial charge is 0.338 e. The van der Waals surface area contributed by atoms with Gasteiger partial charge in [0, 0.05) is 19.5 Å². The van der Waals surface area contributed by atoms with Crippen LogP contribution in [0.15, 0.2) is 69.6 Å². The van der Waals surface area contributed by atoms with Crippen molar-refractivity contribution in [2.24, 2.45) is 4.99 Å². The normalized spacial score (nSPS) is 17.9. The van der Waals surface area contributed by atoms with Crippen molar-refractivity contribution in [3.05, 3.63) is 90.6 Å². The molecule has 1 amide bonds. The van der Waals surface area contributed by atoms with Gasteiger partial charge < -0.3 is 14.4 Å². The van der Waals surface area contributed by atoms with Gasteiger partial charge in [-0.2, -0.15) is 0 Å². The highest BCUT2D eigenvalue weighted by Crippen LogP contribution is 2.34. The average molecular weight is 504 g/mol. The van der Waals surface area contributed by atoms with Crippen LogP contribution in [0.4, 0.5) is 5.69 Å². The second kappa shape index (κ2) is 8.72. The number of allylic oxidation sites excluding steroid dienone is 1. The number of hydrogen-bond donors (Lipinski definition) is 0. The Morgan fingerprint density at radius 2 is 1.75 bits per heavy atom. The van der Waals surface area contributed by atoms with Crippen molar-refractivity contribution in [2.45, 2.75) is 19.9 Å². The van der Waals surface area contributed by atoms with Crippen LogP contribution in [0.5, 0.6) is 5.75 Å². The maximum Gasteiger partial charge on any atom is 0.338 e. The molecular weight excluding hydrogens is 482 g/mol. The first-order valence-corrected chi connectivity index (χ1v) is 11.8. The van der Waals surface area contributed by atoms with Crippen molar-refractivity contribution >= 4 is 40.4 Å². The van der Waals surface area contributed by atoms with Gasteiger partial charge in [-0.25, -0.2) is 9.79 Å². The van der Waals surface area contributed by atoms with Gasteiger partial charge in [0.2, 0.25) is 0 Å². The van der Waals surface area contributed by atoms with Gasteiger partial charge in [-0.3, -0.25) is 19.0 Å². The number of anilines is 1. The topological polar surface area (TPSA) is 107 Å². The van der Waals surface area contributed by atoms with Gasteiger partial charge in [0.1, 0.15) is 10.3 Å². The fourth-order valence-corrected chi connectivity index (χ4v) is 5.67. The molecule has 9 nitrogen and oxygen atoms in total. The number of likely N-dealkylation sites (N-methyl/N-ethyl adjacent to an activating group) is 1. The average Bonchev–Trinajstić information content (AvgIpc) is 3.30. The SMILES string of the molecule is COC(=O)C1=C(C)N=c2sc(=C3C(=O)N(C)c4ccccc43)c(=O)n2[C@@H]1c1ccc(OC(C)=O)cc1. The third kappa shape index (κ3) is 3.57. The van der Waals surface area contributed by atoms with Gasteiger partial charge >= 0.3 is 11.9 Å². The van der Waals surface area contributed by atoms with Crippen LogP contribution in [0.3, 0.4) is 0 Å². The van der Waals surface area contributed by atoms with Crippen LogP contribution >= 0.6 is 11.3 Å². The first kappa shape index (κ1) is 23.4. The first-order chi connectivity index (χ1) is 17.2. The minimum atomic E-state index is -0.848. The second-order valence-corrected chi connectivity index (χ2v) is 9.29. The van der Waals surface area contributed by atoms with E-state index in [9.17, 15) is 19.2 Å². The summed E-state index contributed by atoms with van der Waals surface area (Å²) in [6.45, 7) is 2.98. The molecule has 36 heavy (non-hydrogen) atoms. The number of hydrogen-bond acceptors (Lipinski definition) is 8. The molecule has 0 spiro atoms. The van der Waals surface area contributed by atoms with E-state index in [1.807, 2.05) is 18.2 Å². The summed E-state index contributed by atoms with van der Waals surface area (Å²) in [6.07, 6.45) is 0. The molecular formula is C26H21N3O6S. The van der Waals surface area contributed by atoms with Crippen LogP contribution in [0.1, 0.15) is 31.0 Å². The Hall–Kier alpha value is -4.31. The maximum absolute atomic E-state index is 13.9. The number of rotatable bonds is 3. The lowest BCUT2D eigenvalue weighted by Gasteiger charge is -2.24. The number of nitrogens with zero attached hydrogens (tertiary/aromatic N) is 3. The molecule has 0 N–H and O–H groups in total. The van der Waals surface area contributed by atoms with Crippen molar-refractivity contribution in [1.29, 1.82) is 0 Å². The van der Waals surface area contributed by atoms with Crippen LogP contribution in [-0.4, -0.2) is 36.6 Å². The number of ether oxygens (including phenoxy) is 2. The zero-order valence-corrected chi connectivity index (χ0v) is 20.7. The molecule has 0 aliphatic carbocycles. The molecule has 182 valence electrons. The predicted octanol–water partition coefficient (Wildman–Crippen LogP) is 1.68. The number of thiazole rings is 1. The van der Waals surface area contributed by atoms with Crippen LogP contribution in [0.2, 0.25) is 0 Å². The van der Waals surface area contributed by atoms with E-state index in [-0.39, 0.29) is 16.0 Å². The number of benzene rings is 2. The van der Waals surface area contributed by atoms with Gasteiger partial charge in [-0.15, -0.1) is 0 Å². The molecule has 2 aliphatic rings. The molecule has 0 saturated heterocycles. The quantitative estimate of drug-likeness (QED) is 0.398. The Labute approximate surface area is 209 Å². The predicted molar refractivity (Wildman–Crippen MR) is 132 cm³/mol. The summed E-state index contributed by atoms with van der Waals surface area (Å²) in [7, 11) is 2.93. The van der Waals surface area contributed by atoms with Crippen LogP contribution in [0.25, 0.3) is 5.57 Å². The fourth-order valence-electron chi connectivity index (χ4n) is 4.53. The Bertz CT molecular complexity index is 1660. The number of carbonyl (C=O) groups is 3. The van der Waals surface area contributed by atoms with E-state index >= 15 is 0 Å².